The van der Waals surface area contributed by atoms with Gasteiger partial charge in [-0.1, -0.05) is 54.6 Å². The van der Waals surface area contributed by atoms with Gasteiger partial charge in [-0.15, -0.1) is 0 Å². The van der Waals surface area contributed by atoms with Gasteiger partial charge in [0.15, 0.2) is 0 Å². The average Bonchev–Trinajstić information content (AvgIpc) is 2.67. The maximum atomic E-state index is 14.2. The number of rotatable bonds is 2. The number of H-pyrrole nitrogens is 1. The van der Waals surface area contributed by atoms with Crippen LogP contribution in [0.15, 0.2) is 77.6 Å². The van der Waals surface area contributed by atoms with Crippen molar-refractivity contribution >= 4 is 10.8 Å². The third-order valence-corrected chi connectivity index (χ3v) is 4.37. The van der Waals surface area contributed by atoms with Crippen LogP contribution in [0.4, 0.5) is 4.39 Å². The molecule has 0 aliphatic carbocycles. The summed E-state index contributed by atoms with van der Waals surface area (Å²) in [6.07, 6.45) is 0. The van der Waals surface area contributed by atoms with Crippen molar-refractivity contribution in [2.75, 3.05) is 0 Å². The number of nitrogens with zero attached hydrogens (tertiary/aromatic N) is 1. The van der Waals surface area contributed by atoms with E-state index in [9.17, 15) is 14.4 Å². The Morgan fingerprint density at radius 1 is 0.846 bits per heavy atom. The van der Waals surface area contributed by atoms with E-state index in [-0.39, 0.29) is 16.7 Å². The van der Waals surface area contributed by atoms with Gasteiger partial charge >= 0.3 is 0 Å². The van der Waals surface area contributed by atoms with Crippen LogP contribution in [0.25, 0.3) is 33.2 Å². The quantitative estimate of drug-likeness (QED) is 0.566. The zero-order valence-corrected chi connectivity index (χ0v) is 13.7. The van der Waals surface area contributed by atoms with Crippen LogP contribution in [-0.4, -0.2) is 4.98 Å². The van der Waals surface area contributed by atoms with Gasteiger partial charge in [-0.05, 0) is 34.5 Å². The normalized spacial score (nSPS) is 10.6. The van der Waals surface area contributed by atoms with Gasteiger partial charge in [0, 0.05) is 16.8 Å². The number of halogens is 1. The molecule has 0 aliphatic heterocycles. The highest BCUT2D eigenvalue weighted by molar-refractivity contribution is 5.87. The number of aromatic amines is 1. The van der Waals surface area contributed by atoms with E-state index in [0.717, 1.165) is 16.3 Å². The van der Waals surface area contributed by atoms with E-state index in [2.05, 4.69) is 4.98 Å². The molecule has 0 unspecified atom stereocenters. The minimum absolute atomic E-state index is 0.0976. The van der Waals surface area contributed by atoms with E-state index in [0.29, 0.717) is 5.69 Å². The third kappa shape index (κ3) is 2.66. The van der Waals surface area contributed by atoms with E-state index in [1.807, 2.05) is 48.5 Å². The monoisotopic (exact) mass is 340 g/mol. The second-order valence-corrected chi connectivity index (χ2v) is 5.95. The Hall–Kier alpha value is -3.71. The molecular formula is C22H13FN2O. The van der Waals surface area contributed by atoms with Crippen LogP contribution in [0.2, 0.25) is 0 Å². The van der Waals surface area contributed by atoms with E-state index in [1.54, 1.807) is 24.3 Å². The van der Waals surface area contributed by atoms with Crippen molar-refractivity contribution in [3.63, 3.8) is 0 Å². The van der Waals surface area contributed by atoms with Crippen molar-refractivity contribution in [2.45, 2.75) is 0 Å². The molecule has 26 heavy (non-hydrogen) atoms. The Kier molecular flexibility index (Phi) is 3.83. The van der Waals surface area contributed by atoms with E-state index in [1.165, 1.54) is 6.07 Å². The van der Waals surface area contributed by atoms with Crippen LogP contribution >= 0.6 is 0 Å². The molecule has 4 heteroatoms. The number of hydrogen-bond acceptors (Lipinski definition) is 2. The zero-order valence-electron chi connectivity index (χ0n) is 13.7. The lowest BCUT2D eigenvalue weighted by Gasteiger charge is -2.09. The van der Waals surface area contributed by atoms with Crippen molar-refractivity contribution in [3.05, 3.63) is 94.5 Å². The first-order chi connectivity index (χ1) is 12.7. The summed E-state index contributed by atoms with van der Waals surface area (Å²) in [6, 6.07) is 23.4. The molecule has 0 fully saturated rings. The maximum Gasteiger partial charge on any atom is 0.266 e. The minimum atomic E-state index is -0.531. The summed E-state index contributed by atoms with van der Waals surface area (Å²) in [5, 5.41) is 11.5. The molecule has 0 bridgehead atoms. The molecule has 0 saturated heterocycles. The second kappa shape index (κ2) is 6.30. The predicted octanol–water partition coefficient (Wildman–Crippen LogP) is 4.87. The molecule has 4 rings (SSSR count). The maximum absolute atomic E-state index is 14.2. The first-order valence-corrected chi connectivity index (χ1v) is 8.09. The van der Waals surface area contributed by atoms with Crippen LogP contribution < -0.4 is 5.56 Å². The summed E-state index contributed by atoms with van der Waals surface area (Å²) in [6.45, 7) is 0. The summed E-state index contributed by atoms with van der Waals surface area (Å²) >= 11 is 0. The lowest BCUT2D eigenvalue weighted by Crippen LogP contribution is -2.13. The summed E-state index contributed by atoms with van der Waals surface area (Å²) in [4.78, 5) is 15.1. The number of pyridine rings is 1. The van der Waals surface area contributed by atoms with Crippen molar-refractivity contribution in [1.82, 2.24) is 4.98 Å². The fourth-order valence-electron chi connectivity index (χ4n) is 3.08. The summed E-state index contributed by atoms with van der Waals surface area (Å²) in [7, 11) is 0. The van der Waals surface area contributed by atoms with Gasteiger partial charge in [0.05, 0.1) is 0 Å². The highest BCUT2D eigenvalue weighted by Gasteiger charge is 2.15. The third-order valence-electron chi connectivity index (χ3n) is 4.37. The first kappa shape index (κ1) is 15.8. The summed E-state index contributed by atoms with van der Waals surface area (Å²) in [5.74, 6) is -0.473. The highest BCUT2D eigenvalue weighted by Crippen LogP contribution is 2.29. The van der Waals surface area contributed by atoms with E-state index >= 15 is 0 Å². The largest absolute Gasteiger partial charge is 0.321 e. The molecule has 4 aromatic rings. The molecule has 1 N–H and O–H groups in total. The van der Waals surface area contributed by atoms with Gasteiger partial charge in [-0.25, -0.2) is 4.39 Å². The average molecular weight is 340 g/mol. The molecule has 0 spiro atoms. The van der Waals surface area contributed by atoms with Crippen LogP contribution in [0.1, 0.15) is 5.56 Å². The van der Waals surface area contributed by atoms with E-state index < -0.39 is 11.4 Å². The Bertz CT molecular complexity index is 1230. The fourth-order valence-corrected chi connectivity index (χ4v) is 3.08. The molecule has 3 aromatic carbocycles. The number of fused-ring (bicyclic) bond motifs is 1. The van der Waals surface area contributed by atoms with Crippen molar-refractivity contribution < 1.29 is 4.39 Å². The number of nitriles is 1. The smallest absolute Gasteiger partial charge is 0.266 e. The number of hydrogen-bond donors (Lipinski definition) is 1. The summed E-state index contributed by atoms with van der Waals surface area (Å²) in [5.41, 5.74) is 1.23. The van der Waals surface area contributed by atoms with Gasteiger partial charge in [0.25, 0.3) is 5.56 Å². The summed E-state index contributed by atoms with van der Waals surface area (Å²) < 4.78 is 14.2. The second-order valence-electron chi connectivity index (χ2n) is 5.95. The SMILES string of the molecule is N#Cc1c(-c2ccccc2F)cc(-c2ccc3ccccc3c2)[nH]c1=O. The molecule has 124 valence electrons. The number of benzene rings is 3. The van der Waals surface area contributed by atoms with Gasteiger partial charge < -0.3 is 4.98 Å². The van der Waals surface area contributed by atoms with Gasteiger partial charge in [0.2, 0.25) is 0 Å². The van der Waals surface area contributed by atoms with Crippen molar-refractivity contribution in [2.24, 2.45) is 0 Å². The number of nitrogens with one attached hydrogen (secondary N) is 1. The van der Waals surface area contributed by atoms with Crippen molar-refractivity contribution in [3.8, 4) is 28.5 Å². The Labute approximate surface area is 149 Å². The van der Waals surface area contributed by atoms with Crippen LogP contribution in [0.5, 0.6) is 0 Å². The van der Waals surface area contributed by atoms with Crippen LogP contribution in [0, 0.1) is 17.1 Å². The molecule has 0 atom stereocenters. The molecule has 3 nitrogen and oxygen atoms in total. The fraction of sp³-hybridized carbons (Fsp3) is 0. The molecule has 0 saturated carbocycles. The molecular weight excluding hydrogens is 327 g/mol. The highest BCUT2D eigenvalue weighted by atomic mass is 19.1. The van der Waals surface area contributed by atoms with Crippen LogP contribution in [0.3, 0.4) is 0 Å². The minimum Gasteiger partial charge on any atom is -0.321 e. The van der Waals surface area contributed by atoms with E-state index in [4.69, 9.17) is 0 Å². The van der Waals surface area contributed by atoms with Crippen molar-refractivity contribution in [1.29, 1.82) is 5.26 Å². The molecule has 1 heterocycles. The van der Waals surface area contributed by atoms with Gasteiger partial charge in [-0.3, -0.25) is 4.79 Å². The first-order valence-electron chi connectivity index (χ1n) is 8.09. The Morgan fingerprint density at radius 2 is 1.58 bits per heavy atom. The predicted molar refractivity (Wildman–Crippen MR) is 100 cm³/mol. The van der Waals surface area contributed by atoms with Gasteiger partial charge in [0.1, 0.15) is 17.4 Å². The topological polar surface area (TPSA) is 56.6 Å². The number of aromatic nitrogens is 1. The molecule has 0 amide bonds. The molecule has 1 aromatic heterocycles. The lowest BCUT2D eigenvalue weighted by atomic mass is 9.98. The Morgan fingerprint density at radius 3 is 2.35 bits per heavy atom. The Balaban J connectivity index is 1.97. The molecule has 0 aliphatic rings. The zero-order chi connectivity index (χ0) is 18.1. The standard InChI is InChI=1S/C22H13FN2O/c23-20-8-4-3-7-17(20)18-12-21(25-22(26)19(18)13-24)16-10-9-14-5-1-2-6-15(14)11-16/h1-12H,(H,25,26). The van der Waals surface area contributed by atoms with Crippen LogP contribution in [-0.2, 0) is 0 Å². The van der Waals surface area contributed by atoms with Gasteiger partial charge in [-0.2, -0.15) is 5.26 Å². The molecule has 0 radical (unpaired) electrons. The lowest BCUT2D eigenvalue weighted by molar-refractivity contribution is 0.631.